The number of sulfonamides is 1. The molecule has 110 valence electrons. The topological polar surface area (TPSA) is 74.7 Å². The number of nitrogens with zero attached hydrogens (tertiary/aromatic N) is 1. The van der Waals surface area contributed by atoms with Gasteiger partial charge in [0.05, 0.1) is 5.56 Å². The van der Waals surface area contributed by atoms with Crippen LogP contribution in [0.25, 0.3) is 0 Å². The number of carbonyl (C=O) groups is 1. The van der Waals surface area contributed by atoms with Crippen molar-refractivity contribution < 1.29 is 22.7 Å². The molecule has 1 aromatic carbocycles. The Morgan fingerprint density at radius 3 is 2.30 bits per heavy atom. The first-order valence-corrected chi connectivity index (χ1v) is 7.90. The minimum absolute atomic E-state index is 0.346. The second-order valence-corrected chi connectivity index (χ2v) is 6.65. The highest BCUT2D eigenvalue weighted by molar-refractivity contribution is 7.89. The standard InChI is InChI=1S/C13H16FNO4S/c14-12-10(13(16)17)6-5-7-11(12)20(18,19)15-8-3-1-2-4-9-15/h5-7H,1-4,8-9H2,(H,16,17). The summed E-state index contributed by atoms with van der Waals surface area (Å²) in [5.41, 5.74) is -0.624. The Morgan fingerprint density at radius 1 is 1.15 bits per heavy atom. The zero-order valence-electron chi connectivity index (χ0n) is 10.9. The predicted molar refractivity (Wildman–Crippen MR) is 70.6 cm³/mol. The number of aromatic carboxylic acids is 1. The van der Waals surface area contributed by atoms with Crippen molar-refractivity contribution in [1.29, 1.82) is 0 Å². The lowest BCUT2D eigenvalue weighted by molar-refractivity contribution is 0.0691. The Morgan fingerprint density at radius 2 is 1.75 bits per heavy atom. The Kier molecular flexibility index (Phi) is 4.39. The molecular weight excluding hydrogens is 285 g/mol. The summed E-state index contributed by atoms with van der Waals surface area (Å²) in [6.45, 7) is 0.693. The van der Waals surface area contributed by atoms with Crippen LogP contribution in [0.4, 0.5) is 4.39 Å². The zero-order chi connectivity index (χ0) is 14.8. The van der Waals surface area contributed by atoms with E-state index in [0.717, 1.165) is 37.8 Å². The van der Waals surface area contributed by atoms with E-state index >= 15 is 0 Å². The van der Waals surface area contributed by atoms with Crippen molar-refractivity contribution in [2.45, 2.75) is 30.6 Å². The van der Waals surface area contributed by atoms with Crippen molar-refractivity contribution in [3.63, 3.8) is 0 Å². The van der Waals surface area contributed by atoms with Crippen LogP contribution >= 0.6 is 0 Å². The molecule has 0 radical (unpaired) electrons. The third-order valence-electron chi connectivity index (χ3n) is 3.38. The molecule has 1 aliphatic heterocycles. The molecule has 0 bridgehead atoms. The highest BCUT2D eigenvalue weighted by Crippen LogP contribution is 2.24. The van der Waals surface area contributed by atoms with Gasteiger partial charge in [0.2, 0.25) is 10.0 Å². The summed E-state index contributed by atoms with van der Waals surface area (Å²) in [7, 11) is -3.98. The van der Waals surface area contributed by atoms with Gasteiger partial charge in [-0.3, -0.25) is 0 Å². The van der Waals surface area contributed by atoms with Crippen molar-refractivity contribution in [3.8, 4) is 0 Å². The van der Waals surface area contributed by atoms with Crippen LogP contribution in [0, 0.1) is 5.82 Å². The average molecular weight is 301 g/mol. The van der Waals surface area contributed by atoms with E-state index in [9.17, 15) is 17.6 Å². The number of rotatable bonds is 3. The van der Waals surface area contributed by atoms with E-state index in [1.807, 2.05) is 0 Å². The first-order chi connectivity index (χ1) is 9.44. The summed E-state index contributed by atoms with van der Waals surface area (Å²) in [5.74, 6) is -2.67. The lowest BCUT2D eigenvalue weighted by atomic mass is 10.2. The monoisotopic (exact) mass is 301 g/mol. The van der Waals surface area contributed by atoms with Gasteiger partial charge in [0.1, 0.15) is 4.90 Å². The second-order valence-electron chi connectivity index (χ2n) is 4.74. The minimum Gasteiger partial charge on any atom is -0.478 e. The lowest BCUT2D eigenvalue weighted by Crippen LogP contribution is -2.32. The summed E-state index contributed by atoms with van der Waals surface area (Å²) in [6, 6.07) is 3.42. The molecule has 0 spiro atoms. The molecule has 0 atom stereocenters. The number of carboxylic acids is 1. The fraction of sp³-hybridized carbons (Fsp3) is 0.462. The fourth-order valence-electron chi connectivity index (χ4n) is 2.30. The van der Waals surface area contributed by atoms with Crippen molar-refractivity contribution in [2.75, 3.05) is 13.1 Å². The molecule has 1 aliphatic rings. The smallest absolute Gasteiger partial charge is 0.338 e. The predicted octanol–water partition coefficient (Wildman–Crippen LogP) is 2.09. The first-order valence-electron chi connectivity index (χ1n) is 6.46. The Labute approximate surface area is 117 Å². The van der Waals surface area contributed by atoms with Crippen molar-refractivity contribution in [3.05, 3.63) is 29.6 Å². The number of carboxylic acid groups (broad SMARTS) is 1. The normalized spacial score (nSPS) is 17.6. The van der Waals surface area contributed by atoms with E-state index in [0.29, 0.717) is 13.1 Å². The van der Waals surface area contributed by atoms with E-state index in [1.54, 1.807) is 0 Å². The van der Waals surface area contributed by atoms with E-state index in [-0.39, 0.29) is 0 Å². The molecule has 7 heteroatoms. The van der Waals surface area contributed by atoms with Crippen LogP contribution in [0.5, 0.6) is 0 Å². The van der Waals surface area contributed by atoms with Crippen LogP contribution in [-0.2, 0) is 10.0 Å². The van der Waals surface area contributed by atoms with Crippen molar-refractivity contribution in [2.24, 2.45) is 0 Å². The van der Waals surface area contributed by atoms with Gasteiger partial charge in [0.25, 0.3) is 0 Å². The summed E-state index contributed by atoms with van der Waals surface area (Å²) in [6.07, 6.45) is 3.37. The molecular formula is C13H16FNO4S. The van der Waals surface area contributed by atoms with E-state index in [4.69, 9.17) is 5.11 Å². The highest BCUT2D eigenvalue weighted by Gasteiger charge is 2.29. The molecule has 1 fully saturated rings. The quantitative estimate of drug-likeness (QED) is 0.927. The van der Waals surface area contributed by atoms with E-state index in [1.165, 1.54) is 10.4 Å². The van der Waals surface area contributed by atoms with Gasteiger partial charge in [-0.15, -0.1) is 0 Å². The minimum atomic E-state index is -3.98. The molecule has 0 amide bonds. The Balaban J connectivity index is 2.43. The van der Waals surface area contributed by atoms with Gasteiger partial charge in [-0.2, -0.15) is 4.31 Å². The molecule has 5 nitrogen and oxygen atoms in total. The van der Waals surface area contributed by atoms with Gasteiger partial charge < -0.3 is 5.11 Å². The zero-order valence-corrected chi connectivity index (χ0v) is 11.7. The summed E-state index contributed by atoms with van der Waals surface area (Å²) in [5, 5.41) is 8.86. The molecule has 2 rings (SSSR count). The van der Waals surface area contributed by atoms with Gasteiger partial charge in [0, 0.05) is 13.1 Å². The van der Waals surface area contributed by atoms with Gasteiger partial charge >= 0.3 is 5.97 Å². The summed E-state index contributed by atoms with van der Waals surface area (Å²) in [4.78, 5) is 10.3. The van der Waals surface area contributed by atoms with Crippen LogP contribution in [0.1, 0.15) is 36.0 Å². The third kappa shape index (κ3) is 2.83. The SMILES string of the molecule is O=C(O)c1cccc(S(=O)(=O)N2CCCCCC2)c1F. The van der Waals surface area contributed by atoms with Crippen molar-refractivity contribution >= 4 is 16.0 Å². The third-order valence-corrected chi connectivity index (χ3v) is 5.29. The van der Waals surface area contributed by atoms with Crippen LogP contribution in [0.3, 0.4) is 0 Å². The van der Waals surface area contributed by atoms with Gasteiger partial charge in [-0.1, -0.05) is 18.9 Å². The van der Waals surface area contributed by atoms with Crippen LogP contribution in [-0.4, -0.2) is 36.9 Å². The highest BCUT2D eigenvalue weighted by atomic mass is 32.2. The molecule has 20 heavy (non-hydrogen) atoms. The lowest BCUT2D eigenvalue weighted by Gasteiger charge is -2.20. The largest absolute Gasteiger partial charge is 0.478 e. The van der Waals surface area contributed by atoms with Crippen LogP contribution in [0.2, 0.25) is 0 Å². The van der Waals surface area contributed by atoms with Gasteiger partial charge in [-0.05, 0) is 25.0 Å². The van der Waals surface area contributed by atoms with Crippen molar-refractivity contribution in [1.82, 2.24) is 4.31 Å². The molecule has 0 unspecified atom stereocenters. The molecule has 0 saturated carbocycles. The summed E-state index contributed by atoms with van der Waals surface area (Å²) < 4.78 is 40.2. The first kappa shape index (κ1) is 14.9. The molecule has 1 N–H and O–H groups in total. The molecule has 0 aromatic heterocycles. The molecule has 1 aromatic rings. The number of benzene rings is 1. The van der Waals surface area contributed by atoms with E-state index < -0.39 is 32.3 Å². The molecule has 0 aliphatic carbocycles. The Bertz CT molecular complexity index is 607. The van der Waals surface area contributed by atoms with Crippen LogP contribution in [0.15, 0.2) is 23.1 Å². The fourth-order valence-corrected chi connectivity index (χ4v) is 3.90. The van der Waals surface area contributed by atoms with Gasteiger partial charge in [0.15, 0.2) is 5.82 Å². The van der Waals surface area contributed by atoms with Crippen LogP contribution < -0.4 is 0 Å². The van der Waals surface area contributed by atoms with E-state index in [2.05, 4.69) is 0 Å². The molecule has 1 saturated heterocycles. The maximum Gasteiger partial charge on any atom is 0.338 e. The van der Waals surface area contributed by atoms with Gasteiger partial charge in [-0.25, -0.2) is 17.6 Å². The molecule has 1 heterocycles. The number of hydrogen-bond acceptors (Lipinski definition) is 3. The number of hydrogen-bond donors (Lipinski definition) is 1. The maximum atomic E-state index is 14.1. The second kappa shape index (κ2) is 5.88. The summed E-state index contributed by atoms with van der Waals surface area (Å²) >= 11 is 0. The maximum absolute atomic E-state index is 14.1. The average Bonchev–Trinajstić information content (AvgIpc) is 2.67. The Hall–Kier alpha value is -1.47. The number of halogens is 1.